The van der Waals surface area contributed by atoms with Crippen LogP contribution in [0.25, 0.3) is 0 Å². The SMILES string of the molecule is CC1(C)C2C(=O)N(Cc3ccc(F)c(C#N)c3)C(=O)C21. The molecular formula is C15H13FN2O2. The molecule has 1 aromatic rings. The van der Waals surface area contributed by atoms with Crippen LogP contribution in [0.15, 0.2) is 18.2 Å². The van der Waals surface area contributed by atoms with Crippen LogP contribution in [0.2, 0.25) is 0 Å². The van der Waals surface area contributed by atoms with Crippen molar-refractivity contribution in [2.45, 2.75) is 20.4 Å². The molecule has 5 heteroatoms. The number of amides is 2. The molecule has 2 amide bonds. The summed E-state index contributed by atoms with van der Waals surface area (Å²) in [6.07, 6.45) is 0. The number of benzene rings is 1. The Morgan fingerprint density at radius 1 is 1.30 bits per heavy atom. The van der Waals surface area contributed by atoms with Gasteiger partial charge >= 0.3 is 0 Å². The highest BCUT2D eigenvalue weighted by atomic mass is 19.1. The zero-order chi connectivity index (χ0) is 14.7. The molecule has 2 atom stereocenters. The van der Waals surface area contributed by atoms with Crippen molar-refractivity contribution in [1.82, 2.24) is 4.90 Å². The molecule has 0 bridgehead atoms. The van der Waals surface area contributed by atoms with Gasteiger partial charge in [0.15, 0.2) is 0 Å². The van der Waals surface area contributed by atoms with Gasteiger partial charge in [0.2, 0.25) is 11.8 Å². The summed E-state index contributed by atoms with van der Waals surface area (Å²) in [6.45, 7) is 3.94. The van der Waals surface area contributed by atoms with Gasteiger partial charge in [0.05, 0.1) is 23.9 Å². The van der Waals surface area contributed by atoms with Crippen LogP contribution in [0.3, 0.4) is 0 Å². The zero-order valence-corrected chi connectivity index (χ0v) is 11.2. The summed E-state index contributed by atoms with van der Waals surface area (Å²) in [7, 11) is 0. The number of carbonyl (C=O) groups excluding carboxylic acids is 2. The maximum atomic E-state index is 13.2. The van der Waals surface area contributed by atoms with Gasteiger partial charge in [0.1, 0.15) is 11.9 Å². The van der Waals surface area contributed by atoms with E-state index >= 15 is 0 Å². The Kier molecular flexibility index (Phi) is 2.49. The van der Waals surface area contributed by atoms with Gasteiger partial charge in [-0.3, -0.25) is 14.5 Å². The molecule has 1 saturated carbocycles. The molecule has 2 fully saturated rings. The van der Waals surface area contributed by atoms with Crippen molar-refractivity contribution < 1.29 is 14.0 Å². The Balaban J connectivity index is 1.82. The quantitative estimate of drug-likeness (QED) is 0.772. The van der Waals surface area contributed by atoms with Crippen molar-refractivity contribution >= 4 is 11.8 Å². The Morgan fingerprint density at radius 2 is 1.90 bits per heavy atom. The van der Waals surface area contributed by atoms with E-state index in [1.165, 1.54) is 23.1 Å². The molecule has 0 aromatic heterocycles. The van der Waals surface area contributed by atoms with Gasteiger partial charge in [0.25, 0.3) is 0 Å². The molecule has 0 spiro atoms. The molecule has 1 aliphatic heterocycles. The van der Waals surface area contributed by atoms with E-state index in [4.69, 9.17) is 5.26 Å². The summed E-state index contributed by atoms with van der Waals surface area (Å²) in [4.78, 5) is 25.5. The van der Waals surface area contributed by atoms with Crippen LogP contribution in [0, 0.1) is 34.4 Å². The molecular weight excluding hydrogens is 259 g/mol. The summed E-state index contributed by atoms with van der Waals surface area (Å²) in [5.41, 5.74) is 0.279. The third kappa shape index (κ3) is 1.58. The maximum absolute atomic E-state index is 13.2. The van der Waals surface area contributed by atoms with Crippen molar-refractivity contribution in [3.05, 3.63) is 35.1 Å². The number of rotatable bonds is 2. The van der Waals surface area contributed by atoms with Crippen LogP contribution >= 0.6 is 0 Å². The molecule has 0 N–H and O–H groups in total. The smallest absolute Gasteiger partial charge is 0.233 e. The lowest BCUT2D eigenvalue weighted by Gasteiger charge is -2.20. The van der Waals surface area contributed by atoms with Crippen LogP contribution in [0.5, 0.6) is 0 Å². The van der Waals surface area contributed by atoms with E-state index < -0.39 is 5.82 Å². The van der Waals surface area contributed by atoms with E-state index in [1.807, 2.05) is 13.8 Å². The Morgan fingerprint density at radius 3 is 2.45 bits per heavy atom. The predicted octanol–water partition coefficient (Wildman–Crippen LogP) is 1.84. The number of likely N-dealkylation sites (tertiary alicyclic amines) is 1. The molecule has 2 aliphatic rings. The number of nitrogens with zero attached hydrogens (tertiary/aromatic N) is 2. The van der Waals surface area contributed by atoms with E-state index in [2.05, 4.69) is 0 Å². The lowest BCUT2D eigenvalue weighted by molar-refractivity contribution is -0.143. The lowest BCUT2D eigenvalue weighted by Crippen LogP contribution is -2.35. The third-order valence-corrected chi connectivity index (χ3v) is 4.38. The number of piperidine rings is 1. The number of halogens is 1. The van der Waals surface area contributed by atoms with Gasteiger partial charge in [0, 0.05) is 0 Å². The molecule has 20 heavy (non-hydrogen) atoms. The number of carbonyl (C=O) groups is 2. The molecule has 1 aliphatic carbocycles. The summed E-state index contributed by atoms with van der Waals surface area (Å²) in [5.74, 6) is -1.35. The van der Waals surface area contributed by atoms with Crippen molar-refractivity contribution in [3.63, 3.8) is 0 Å². The Bertz CT molecular complexity index is 651. The number of fused-ring (bicyclic) bond motifs is 1. The van der Waals surface area contributed by atoms with E-state index in [0.717, 1.165) is 0 Å². The van der Waals surface area contributed by atoms with Crippen molar-refractivity contribution in [2.75, 3.05) is 0 Å². The minimum absolute atomic E-state index is 0.0768. The number of nitriles is 1. The van der Waals surface area contributed by atoms with Gasteiger partial charge in [-0.25, -0.2) is 4.39 Å². The van der Waals surface area contributed by atoms with Crippen molar-refractivity contribution in [1.29, 1.82) is 5.26 Å². The third-order valence-electron chi connectivity index (χ3n) is 4.38. The highest BCUT2D eigenvalue weighted by molar-refractivity contribution is 6.10. The fourth-order valence-corrected chi connectivity index (χ4v) is 3.10. The zero-order valence-electron chi connectivity index (χ0n) is 11.2. The average molecular weight is 272 g/mol. The molecule has 4 nitrogen and oxygen atoms in total. The van der Waals surface area contributed by atoms with Crippen molar-refractivity contribution in [3.8, 4) is 6.07 Å². The molecule has 102 valence electrons. The first kappa shape index (κ1) is 12.8. The minimum Gasteiger partial charge on any atom is -0.278 e. The Hall–Kier alpha value is -2.22. The molecule has 3 rings (SSSR count). The molecule has 1 aromatic carbocycles. The topological polar surface area (TPSA) is 61.2 Å². The molecule has 1 heterocycles. The first-order valence-corrected chi connectivity index (χ1v) is 6.41. The van der Waals surface area contributed by atoms with Gasteiger partial charge in [-0.2, -0.15) is 5.26 Å². The van der Waals surface area contributed by atoms with E-state index in [-0.39, 0.29) is 41.2 Å². The van der Waals surface area contributed by atoms with Gasteiger partial charge in [-0.05, 0) is 23.1 Å². The number of hydrogen-bond donors (Lipinski definition) is 0. The van der Waals surface area contributed by atoms with Crippen LogP contribution in [-0.4, -0.2) is 16.7 Å². The number of imide groups is 1. The van der Waals surface area contributed by atoms with E-state index in [0.29, 0.717) is 5.56 Å². The van der Waals surface area contributed by atoms with Crippen LogP contribution in [0.4, 0.5) is 4.39 Å². The summed E-state index contributed by atoms with van der Waals surface area (Å²) < 4.78 is 13.2. The molecule has 2 unspecified atom stereocenters. The molecule has 1 saturated heterocycles. The van der Waals surface area contributed by atoms with Gasteiger partial charge in [-0.1, -0.05) is 19.9 Å². The lowest BCUT2D eigenvalue weighted by atomic mass is 10.0. The fraction of sp³-hybridized carbons (Fsp3) is 0.400. The van der Waals surface area contributed by atoms with Gasteiger partial charge in [-0.15, -0.1) is 0 Å². The minimum atomic E-state index is -0.598. The number of hydrogen-bond acceptors (Lipinski definition) is 3. The highest BCUT2D eigenvalue weighted by Crippen LogP contribution is 2.63. The summed E-state index contributed by atoms with van der Waals surface area (Å²) in [5, 5.41) is 8.79. The highest BCUT2D eigenvalue weighted by Gasteiger charge is 2.72. The summed E-state index contributed by atoms with van der Waals surface area (Å²) in [6, 6.07) is 5.81. The first-order valence-electron chi connectivity index (χ1n) is 6.41. The second-order valence-corrected chi connectivity index (χ2v) is 5.97. The fourth-order valence-electron chi connectivity index (χ4n) is 3.10. The average Bonchev–Trinajstić information content (AvgIpc) is 2.88. The van der Waals surface area contributed by atoms with E-state index in [1.54, 1.807) is 6.07 Å². The van der Waals surface area contributed by atoms with Crippen LogP contribution < -0.4 is 0 Å². The maximum Gasteiger partial charge on any atom is 0.233 e. The van der Waals surface area contributed by atoms with Gasteiger partial charge < -0.3 is 0 Å². The second-order valence-electron chi connectivity index (χ2n) is 5.97. The standard InChI is InChI=1S/C15H13FN2O2/c1-15(2)11-12(15)14(20)18(13(11)19)7-8-3-4-10(16)9(5-8)6-17/h3-5,11-12H,7H2,1-2H3. The van der Waals surface area contributed by atoms with E-state index in [9.17, 15) is 14.0 Å². The summed E-state index contributed by atoms with van der Waals surface area (Å²) >= 11 is 0. The van der Waals surface area contributed by atoms with Crippen LogP contribution in [0.1, 0.15) is 25.0 Å². The first-order chi connectivity index (χ1) is 9.37. The Labute approximate surface area is 115 Å². The van der Waals surface area contributed by atoms with Crippen LogP contribution in [-0.2, 0) is 16.1 Å². The molecule has 0 radical (unpaired) electrons. The normalized spacial score (nSPS) is 26.4. The largest absolute Gasteiger partial charge is 0.278 e. The second kappa shape index (κ2) is 3.89. The van der Waals surface area contributed by atoms with Crippen molar-refractivity contribution in [2.24, 2.45) is 17.3 Å². The monoisotopic (exact) mass is 272 g/mol. The predicted molar refractivity (Wildman–Crippen MR) is 67.4 cm³/mol.